The zero-order chi connectivity index (χ0) is 15.9. The van der Waals surface area contributed by atoms with E-state index in [9.17, 15) is 19.1 Å². The highest BCUT2D eigenvalue weighted by atomic mass is 32.1. The molecular formula is C16H12FNO3S. The summed E-state index contributed by atoms with van der Waals surface area (Å²) >= 11 is 1.48. The number of halogens is 1. The Morgan fingerprint density at radius 2 is 2.14 bits per heavy atom. The van der Waals surface area contributed by atoms with Crippen molar-refractivity contribution in [3.8, 4) is 0 Å². The van der Waals surface area contributed by atoms with Crippen molar-refractivity contribution in [3.63, 3.8) is 0 Å². The number of fused-ring (bicyclic) bond motifs is 1. The summed E-state index contributed by atoms with van der Waals surface area (Å²) < 4.78 is 15.4. The first-order valence-corrected chi connectivity index (χ1v) is 7.51. The number of carboxylic acid groups (broad SMARTS) is 1. The Labute approximate surface area is 129 Å². The van der Waals surface area contributed by atoms with E-state index in [1.165, 1.54) is 34.1 Å². The number of benzene rings is 1. The number of thiophene rings is 1. The van der Waals surface area contributed by atoms with Crippen LogP contribution >= 0.6 is 11.3 Å². The van der Waals surface area contributed by atoms with Crippen molar-refractivity contribution in [2.24, 2.45) is 0 Å². The molecule has 0 atom stereocenters. The Morgan fingerprint density at radius 1 is 1.36 bits per heavy atom. The lowest BCUT2D eigenvalue weighted by atomic mass is 10.0. The second-order valence-corrected chi connectivity index (χ2v) is 5.73. The van der Waals surface area contributed by atoms with Crippen molar-refractivity contribution < 1.29 is 14.3 Å². The average Bonchev–Trinajstić information content (AvgIpc) is 2.96. The van der Waals surface area contributed by atoms with Gasteiger partial charge in [-0.1, -0.05) is 12.1 Å². The van der Waals surface area contributed by atoms with Crippen LogP contribution in [0, 0.1) is 12.7 Å². The number of hydrogen-bond donors (Lipinski definition) is 1. The summed E-state index contributed by atoms with van der Waals surface area (Å²) in [6.45, 7) is 1.79. The molecule has 0 aliphatic carbocycles. The highest BCUT2D eigenvalue weighted by molar-refractivity contribution is 7.07. The van der Waals surface area contributed by atoms with Gasteiger partial charge in [-0.2, -0.15) is 11.3 Å². The molecular weight excluding hydrogens is 305 g/mol. The zero-order valence-electron chi connectivity index (χ0n) is 11.7. The fourth-order valence-corrected chi connectivity index (χ4v) is 3.25. The van der Waals surface area contributed by atoms with Crippen LogP contribution < -0.4 is 5.56 Å². The van der Waals surface area contributed by atoms with E-state index in [1.54, 1.807) is 6.92 Å². The molecule has 0 bridgehead atoms. The Balaban J connectivity index is 2.40. The Morgan fingerprint density at radius 3 is 2.77 bits per heavy atom. The summed E-state index contributed by atoms with van der Waals surface area (Å²) in [5, 5.41) is 13.2. The molecule has 3 aromatic rings. The molecule has 0 aliphatic rings. The molecule has 4 nitrogen and oxygen atoms in total. The molecule has 112 valence electrons. The third kappa shape index (κ3) is 2.21. The van der Waals surface area contributed by atoms with E-state index in [-0.39, 0.29) is 22.9 Å². The summed E-state index contributed by atoms with van der Waals surface area (Å²) in [7, 11) is 0. The smallest absolute Gasteiger partial charge is 0.338 e. The van der Waals surface area contributed by atoms with Crippen LogP contribution in [-0.4, -0.2) is 15.6 Å². The number of carbonyl (C=O) groups is 1. The first-order chi connectivity index (χ1) is 10.5. The van der Waals surface area contributed by atoms with Crippen molar-refractivity contribution in [1.29, 1.82) is 0 Å². The highest BCUT2D eigenvalue weighted by Gasteiger charge is 2.20. The van der Waals surface area contributed by atoms with E-state index >= 15 is 0 Å². The maximum absolute atomic E-state index is 14.1. The van der Waals surface area contributed by atoms with Crippen molar-refractivity contribution in [1.82, 2.24) is 4.57 Å². The molecule has 1 N–H and O–H groups in total. The molecule has 22 heavy (non-hydrogen) atoms. The molecule has 0 saturated carbocycles. The molecule has 0 spiro atoms. The summed E-state index contributed by atoms with van der Waals surface area (Å²) in [5.74, 6) is -1.88. The van der Waals surface area contributed by atoms with Crippen LogP contribution in [-0.2, 0) is 6.54 Å². The second-order valence-electron chi connectivity index (χ2n) is 4.95. The largest absolute Gasteiger partial charge is 0.478 e. The van der Waals surface area contributed by atoms with Gasteiger partial charge in [-0.05, 0) is 35.4 Å². The summed E-state index contributed by atoms with van der Waals surface area (Å²) in [6.07, 6.45) is 0. The van der Waals surface area contributed by atoms with Gasteiger partial charge in [-0.15, -0.1) is 0 Å². The van der Waals surface area contributed by atoms with Gasteiger partial charge in [-0.3, -0.25) is 4.79 Å². The maximum atomic E-state index is 14.1. The Kier molecular flexibility index (Phi) is 3.54. The molecule has 0 unspecified atom stereocenters. The number of pyridine rings is 1. The van der Waals surface area contributed by atoms with E-state index in [1.807, 2.05) is 16.8 Å². The predicted octanol–water partition coefficient (Wildman–Crippen LogP) is 3.26. The van der Waals surface area contributed by atoms with Gasteiger partial charge >= 0.3 is 5.97 Å². The van der Waals surface area contributed by atoms with Gasteiger partial charge in [0.25, 0.3) is 5.56 Å². The highest BCUT2D eigenvalue weighted by Crippen LogP contribution is 2.22. The molecule has 2 heterocycles. The van der Waals surface area contributed by atoms with E-state index < -0.39 is 17.3 Å². The van der Waals surface area contributed by atoms with Crippen molar-refractivity contribution in [3.05, 3.63) is 68.0 Å². The Bertz CT molecular complexity index is 929. The second kappa shape index (κ2) is 5.38. The van der Waals surface area contributed by atoms with Crippen LogP contribution in [0.15, 0.2) is 39.8 Å². The van der Waals surface area contributed by atoms with Crippen LogP contribution in [0.25, 0.3) is 10.8 Å². The van der Waals surface area contributed by atoms with E-state index in [0.717, 1.165) is 5.56 Å². The lowest BCUT2D eigenvalue weighted by Crippen LogP contribution is -2.26. The molecule has 0 amide bonds. The Hall–Kier alpha value is -2.47. The van der Waals surface area contributed by atoms with Gasteiger partial charge in [0.15, 0.2) is 0 Å². The van der Waals surface area contributed by atoms with Crippen molar-refractivity contribution in [2.45, 2.75) is 13.5 Å². The third-order valence-corrected chi connectivity index (χ3v) is 4.38. The standard InChI is InChI=1S/C16H12FNO3S/c1-9-13(16(20)21)11-3-2-4-12(17)14(11)15(19)18(9)7-10-5-6-22-8-10/h2-6,8H,7H2,1H3,(H,20,21). The molecule has 2 aromatic heterocycles. The SMILES string of the molecule is Cc1c(C(=O)O)c2cccc(F)c2c(=O)n1Cc1ccsc1. The van der Waals surface area contributed by atoms with Gasteiger partial charge in [0, 0.05) is 11.1 Å². The fourth-order valence-electron chi connectivity index (χ4n) is 2.59. The lowest BCUT2D eigenvalue weighted by molar-refractivity contribution is 0.0697. The van der Waals surface area contributed by atoms with Gasteiger partial charge in [0.1, 0.15) is 5.82 Å². The van der Waals surface area contributed by atoms with E-state index in [0.29, 0.717) is 5.69 Å². The topological polar surface area (TPSA) is 59.3 Å². The molecule has 0 aliphatic heterocycles. The van der Waals surface area contributed by atoms with Gasteiger partial charge < -0.3 is 9.67 Å². The number of aromatic nitrogens is 1. The molecule has 0 radical (unpaired) electrons. The fraction of sp³-hybridized carbons (Fsp3) is 0.125. The molecule has 6 heteroatoms. The van der Waals surface area contributed by atoms with Crippen LogP contribution in [0.4, 0.5) is 4.39 Å². The first kappa shape index (κ1) is 14.5. The average molecular weight is 317 g/mol. The molecule has 0 saturated heterocycles. The minimum absolute atomic E-state index is 0.0377. The van der Waals surface area contributed by atoms with E-state index in [2.05, 4.69) is 0 Å². The van der Waals surface area contributed by atoms with Crippen LogP contribution in [0.5, 0.6) is 0 Å². The number of aromatic carboxylic acids is 1. The molecule has 3 rings (SSSR count). The quantitative estimate of drug-likeness (QED) is 0.806. The van der Waals surface area contributed by atoms with Gasteiger partial charge in [-0.25, -0.2) is 9.18 Å². The summed E-state index contributed by atoms with van der Waals surface area (Å²) in [5.41, 5.74) is 0.648. The van der Waals surface area contributed by atoms with Crippen molar-refractivity contribution in [2.75, 3.05) is 0 Å². The monoisotopic (exact) mass is 317 g/mol. The minimum Gasteiger partial charge on any atom is -0.478 e. The summed E-state index contributed by atoms with van der Waals surface area (Å²) in [4.78, 5) is 24.2. The van der Waals surface area contributed by atoms with E-state index in [4.69, 9.17) is 0 Å². The minimum atomic E-state index is -1.17. The van der Waals surface area contributed by atoms with Crippen LogP contribution in [0.3, 0.4) is 0 Å². The lowest BCUT2D eigenvalue weighted by Gasteiger charge is -2.15. The van der Waals surface area contributed by atoms with Gasteiger partial charge in [0.05, 0.1) is 17.5 Å². The number of hydrogen-bond acceptors (Lipinski definition) is 3. The molecule has 1 aromatic carbocycles. The van der Waals surface area contributed by atoms with Crippen LogP contribution in [0.1, 0.15) is 21.6 Å². The predicted molar refractivity (Wildman–Crippen MR) is 83.3 cm³/mol. The zero-order valence-corrected chi connectivity index (χ0v) is 12.5. The van der Waals surface area contributed by atoms with Crippen molar-refractivity contribution >= 4 is 28.1 Å². The number of nitrogens with zero attached hydrogens (tertiary/aromatic N) is 1. The maximum Gasteiger partial charge on any atom is 0.338 e. The number of rotatable bonds is 3. The molecule has 0 fully saturated rings. The van der Waals surface area contributed by atoms with Crippen LogP contribution in [0.2, 0.25) is 0 Å². The first-order valence-electron chi connectivity index (χ1n) is 6.56. The third-order valence-electron chi connectivity index (χ3n) is 3.64. The normalized spacial score (nSPS) is 11.0. The summed E-state index contributed by atoms with van der Waals surface area (Å²) in [6, 6.07) is 5.89. The number of carboxylic acids is 1. The van der Waals surface area contributed by atoms with Gasteiger partial charge in [0.2, 0.25) is 0 Å².